The van der Waals surface area contributed by atoms with Crippen LogP contribution in [0.15, 0.2) is 54.6 Å². The predicted octanol–water partition coefficient (Wildman–Crippen LogP) is 3.59. The Morgan fingerprint density at radius 1 is 1.04 bits per heavy atom. The number of carbonyl (C=O) groups is 2. The summed E-state index contributed by atoms with van der Waals surface area (Å²) in [6, 6.07) is 14.2. The molecule has 0 aliphatic heterocycles. The Balaban J connectivity index is 1.91. The summed E-state index contributed by atoms with van der Waals surface area (Å²) >= 11 is 0. The molecular formula is C21H25FN2O4. The van der Waals surface area contributed by atoms with Gasteiger partial charge in [-0.2, -0.15) is 0 Å². The Morgan fingerprint density at radius 2 is 1.68 bits per heavy atom. The molecule has 1 atom stereocenters. The van der Waals surface area contributed by atoms with Gasteiger partial charge in [0, 0.05) is 6.54 Å². The Kier molecular flexibility index (Phi) is 7.37. The predicted molar refractivity (Wildman–Crippen MR) is 103 cm³/mol. The van der Waals surface area contributed by atoms with Crippen LogP contribution in [0.5, 0.6) is 5.75 Å². The first kappa shape index (κ1) is 21.2. The molecule has 0 spiro atoms. The highest BCUT2D eigenvalue weighted by Crippen LogP contribution is 2.14. The maximum absolute atomic E-state index is 12.9. The van der Waals surface area contributed by atoms with Gasteiger partial charge in [-0.3, -0.25) is 4.79 Å². The van der Waals surface area contributed by atoms with Crippen LogP contribution in [0.3, 0.4) is 0 Å². The molecule has 28 heavy (non-hydrogen) atoms. The number of carbonyl (C=O) groups excluding carboxylic acids is 2. The zero-order valence-electron chi connectivity index (χ0n) is 16.2. The lowest BCUT2D eigenvalue weighted by molar-refractivity contribution is -0.123. The monoisotopic (exact) mass is 388 g/mol. The number of rotatable bonds is 7. The van der Waals surface area contributed by atoms with Crippen LogP contribution >= 0.6 is 0 Å². The van der Waals surface area contributed by atoms with Gasteiger partial charge in [-0.1, -0.05) is 30.3 Å². The highest BCUT2D eigenvalue weighted by molar-refractivity contribution is 5.77. The fourth-order valence-electron chi connectivity index (χ4n) is 2.33. The number of benzene rings is 2. The topological polar surface area (TPSA) is 76.7 Å². The summed E-state index contributed by atoms with van der Waals surface area (Å²) in [7, 11) is 0. The van der Waals surface area contributed by atoms with Crippen LogP contribution in [0.4, 0.5) is 9.18 Å². The van der Waals surface area contributed by atoms with Crippen LogP contribution in [0, 0.1) is 5.82 Å². The Labute approximate surface area is 164 Å². The van der Waals surface area contributed by atoms with E-state index in [2.05, 4.69) is 10.6 Å². The van der Waals surface area contributed by atoms with Crippen molar-refractivity contribution in [1.29, 1.82) is 0 Å². The molecule has 2 aromatic rings. The van der Waals surface area contributed by atoms with Crippen LogP contribution in [0.1, 0.15) is 32.4 Å². The van der Waals surface area contributed by atoms with E-state index >= 15 is 0 Å². The van der Waals surface area contributed by atoms with E-state index in [1.54, 1.807) is 20.8 Å². The van der Waals surface area contributed by atoms with E-state index in [0.29, 0.717) is 5.75 Å². The van der Waals surface area contributed by atoms with Crippen molar-refractivity contribution in [3.63, 3.8) is 0 Å². The van der Waals surface area contributed by atoms with Crippen molar-refractivity contribution < 1.29 is 23.5 Å². The van der Waals surface area contributed by atoms with E-state index in [1.165, 1.54) is 24.3 Å². The quantitative estimate of drug-likeness (QED) is 0.760. The first-order valence-electron chi connectivity index (χ1n) is 8.92. The minimum Gasteiger partial charge on any atom is -0.484 e. The zero-order valence-corrected chi connectivity index (χ0v) is 16.2. The van der Waals surface area contributed by atoms with Gasteiger partial charge in [0.15, 0.2) is 6.61 Å². The number of nitrogens with one attached hydrogen (secondary N) is 2. The van der Waals surface area contributed by atoms with Gasteiger partial charge in [0.2, 0.25) is 0 Å². The molecule has 6 nitrogen and oxygen atoms in total. The van der Waals surface area contributed by atoms with E-state index < -0.39 is 17.7 Å². The molecule has 0 radical (unpaired) electrons. The van der Waals surface area contributed by atoms with Crippen molar-refractivity contribution in [1.82, 2.24) is 10.6 Å². The number of hydrogen-bond donors (Lipinski definition) is 2. The minimum atomic E-state index is -0.627. The van der Waals surface area contributed by atoms with Crippen molar-refractivity contribution in [2.45, 2.75) is 32.4 Å². The highest BCUT2D eigenvalue weighted by Gasteiger charge is 2.21. The summed E-state index contributed by atoms with van der Waals surface area (Å²) in [6.45, 7) is 5.27. The summed E-state index contributed by atoms with van der Waals surface area (Å²) in [5.74, 6) is -0.352. The van der Waals surface area contributed by atoms with Crippen molar-refractivity contribution >= 4 is 12.0 Å². The Morgan fingerprint density at radius 3 is 2.29 bits per heavy atom. The van der Waals surface area contributed by atoms with E-state index in [1.807, 2.05) is 30.3 Å². The summed E-state index contributed by atoms with van der Waals surface area (Å²) in [5.41, 5.74) is 0.200. The molecule has 0 aliphatic carbocycles. The third-order valence-electron chi connectivity index (χ3n) is 3.58. The van der Waals surface area contributed by atoms with Crippen molar-refractivity contribution in [3.8, 4) is 5.75 Å². The van der Waals surface area contributed by atoms with Crippen molar-refractivity contribution in [3.05, 3.63) is 66.0 Å². The van der Waals surface area contributed by atoms with Crippen LogP contribution in [0.2, 0.25) is 0 Å². The van der Waals surface area contributed by atoms with Crippen LogP contribution < -0.4 is 15.4 Å². The van der Waals surface area contributed by atoms with Gasteiger partial charge in [0.05, 0.1) is 6.04 Å². The third-order valence-corrected chi connectivity index (χ3v) is 3.58. The summed E-state index contributed by atoms with van der Waals surface area (Å²) < 4.78 is 23.5. The second-order valence-corrected chi connectivity index (χ2v) is 7.16. The number of alkyl carbamates (subject to hydrolysis) is 1. The zero-order chi connectivity index (χ0) is 20.6. The van der Waals surface area contributed by atoms with Gasteiger partial charge in [0.25, 0.3) is 5.91 Å². The normalized spacial score (nSPS) is 12.0. The molecule has 0 aliphatic rings. The second kappa shape index (κ2) is 9.73. The smallest absolute Gasteiger partial charge is 0.408 e. The lowest BCUT2D eigenvalue weighted by Gasteiger charge is -2.24. The molecule has 0 saturated carbocycles. The Hall–Kier alpha value is -3.09. The van der Waals surface area contributed by atoms with Crippen LogP contribution in [-0.4, -0.2) is 30.8 Å². The second-order valence-electron chi connectivity index (χ2n) is 7.16. The van der Waals surface area contributed by atoms with Gasteiger partial charge >= 0.3 is 6.09 Å². The van der Waals surface area contributed by atoms with Crippen molar-refractivity contribution in [2.75, 3.05) is 13.2 Å². The molecule has 0 heterocycles. The fraction of sp³-hybridized carbons (Fsp3) is 0.333. The molecule has 7 heteroatoms. The largest absolute Gasteiger partial charge is 0.484 e. The number of halogens is 1. The molecule has 2 N–H and O–H groups in total. The standard InChI is InChI=1S/C21H25FN2O4/c1-21(2,3)28-20(26)24-18(15-7-5-4-6-8-15)13-23-19(25)14-27-17-11-9-16(22)10-12-17/h4-12,18H,13-14H2,1-3H3,(H,23,25)(H,24,26)/t18-/m1/s1. The molecule has 0 saturated heterocycles. The van der Waals surface area contributed by atoms with Gasteiger partial charge in [-0.25, -0.2) is 9.18 Å². The molecule has 2 amide bonds. The van der Waals surface area contributed by atoms with Gasteiger partial charge in [-0.15, -0.1) is 0 Å². The average molecular weight is 388 g/mol. The molecule has 2 aromatic carbocycles. The minimum absolute atomic E-state index is 0.162. The molecule has 0 unspecified atom stereocenters. The molecular weight excluding hydrogens is 363 g/mol. The first-order valence-corrected chi connectivity index (χ1v) is 8.92. The molecule has 0 aromatic heterocycles. The number of ether oxygens (including phenoxy) is 2. The van der Waals surface area contributed by atoms with Crippen molar-refractivity contribution in [2.24, 2.45) is 0 Å². The maximum Gasteiger partial charge on any atom is 0.408 e. The van der Waals surface area contributed by atoms with Crippen LogP contribution in [-0.2, 0) is 9.53 Å². The molecule has 0 bridgehead atoms. The lowest BCUT2D eigenvalue weighted by atomic mass is 10.1. The highest BCUT2D eigenvalue weighted by atomic mass is 19.1. The summed E-state index contributed by atoms with van der Waals surface area (Å²) in [4.78, 5) is 24.2. The molecule has 0 fully saturated rings. The van der Waals surface area contributed by atoms with E-state index in [9.17, 15) is 14.0 Å². The lowest BCUT2D eigenvalue weighted by Crippen LogP contribution is -2.41. The van der Waals surface area contributed by atoms with E-state index in [-0.39, 0.29) is 24.9 Å². The average Bonchev–Trinajstić information content (AvgIpc) is 2.64. The molecule has 150 valence electrons. The maximum atomic E-state index is 12.9. The fourth-order valence-corrected chi connectivity index (χ4v) is 2.33. The van der Waals surface area contributed by atoms with E-state index in [4.69, 9.17) is 9.47 Å². The number of hydrogen-bond acceptors (Lipinski definition) is 4. The first-order chi connectivity index (χ1) is 13.2. The van der Waals surface area contributed by atoms with Gasteiger partial charge in [0.1, 0.15) is 17.2 Å². The third kappa shape index (κ3) is 7.65. The van der Waals surface area contributed by atoms with Gasteiger partial charge in [-0.05, 0) is 50.6 Å². The number of amides is 2. The molecule has 2 rings (SSSR count). The SMILES string of the molecule is CC(C)(C)OC(=O)N[C@H](CNC(=O)COc1ccc(F)cc1)c1ccccc1. The van der Waals surface area contributed by atoms with Gasteiger partial charge < -0.3 is 20.1 Å². The van der Waals surface area contributed by atoms with Crippen LogP contribution in [0.25, 0.3) is 0 Å². The summed E-state index contributed by atoms with van der Waals surface area (Å²) in [6.07, 6.45) is -0.571. The van der Waals surface area contributed by atoms with E-state index in [0.717, 1.165) is 5.56 Å². The summed E-state index contributed by atoms with van der Waals surface area (Å²) in [5, 5.41) is 5.49. The Bertz CT molecular complexity index is 773.